The van der Waals surface area contributed by atoms with E-state index in [-0.39, 0.29) is 37.7 Å². The van der Waals surface area contributed by atoms with Gasteiger partial charge in [-0.15, -0.1) is 0 Å². The van der Waals surface area contributed by atoms with Crippen LogP contribution in [0.5, 0.6) is 0 Å². The van der Waals surface area contributed by atoms with Crippen LogP contribution in [0.1, 0.15) is 37.1 Å². The van der Waals surface area contributed by atoms with Crippen molar-refractivity contribution in [2.75, 3.05) is 12.9 Å². The number of thiol groups is 1. The van der Waals surface area contributed by atoms with Gasteiger partial charge in [0.1, 0.15) is 31.3 Å². The Bertz CT molecular complexity index is 1370. The van der Waals surface area contributed by atoms with Gasteiger partial charge in [-0.2, -0.15) is 17.5 Å². The minimum absolute atomic E-state index is 0.0379. The highest BCUT2D eigenvalue weighted by atomic mass is 32.1. The summed E-state index contributed by atoms with van der Waals surface area (Å²) in [6.07, 6.45) is 0.830. The third-order valence-electron chi connectivity index (χ3n) is 6.71. The van der Waals surface area contributed by atoms with E-state index in [1.807, 2.05) is 13.8 Å². The highest BCUT2D eigenvalue weighted by molar-refractivity contribution is 7.80. The Morgan fingerprint density at radius 2 is 1.39 bits per heavy atom. The lowest BCUT2D eigenvalue weighted by Gasteiger charge is -2.29. The molecule has 4 amide bonds. The van der Waals surface area contributed by atoms with Gasteiger partial charge < -0.3 is 29.8 Å². The summed E-state index contributed by atoms with van der Waals surface area (Å²) in [5, 5.41) is 5.25. The molecule has 0 saturated heterocycles. The van der Waals surface area contributed by atoms with Crippen LogP contribution in [-0.2, 0) is 48.2 Å². The van der Waals surface area contributed by atoms with Crippen molar-refractivity contribution in [1.82, 2.24) is 25.5 Å². The second-order valence-electron chi connectivity index (χ2n) is 10.7. The van der Waals surface area contributed by atoms with E-state index in [1.165, 1.54) is 19.6 Å². The molecule has 46 heavy (non-hydrogen) atoms. The van der Waals surface area contributed by atoms with Gasteiger partial charge in [0.2, 0.25) is 11.8 Å². The lowest BCUT2D eigenvalue weighted by atomic mass is 10.0. The first-order valence-electron chi connectivity index (χ1n) is 14.6. The Hall–Kier alpha value is -4.85. The van der Waals surface area contributed by atoms with Crippen molar-refractivity contribution in [3.05, 3.63) is 90.0 Å². The Kier molecular flexibility index (Phi) is 14.1. The summed E-state index contributed by atoms with van der Waals surface area (Å²) in [4.78, 5) is 73.7. The smallest absolute Gasteiger partial charge is 0.420 e. The van der Waals surface area contributed by atoms with Gasteiger partial charge in [0.05, 0.1) is 13.4 Å². The molecule has 13 nitrogen and oxygen atoms in total. The summed E-state index contributed by atoms with van der Waals surface area (Å²) in [5.74, 6) is -2.52. The maximum atomic E-state index is 13.8. The molecular formula is C32H39N5O8S. The number of aromatic nitrogens is 2. The van der Waals surface area contributed by atoms with Gasteiger partial charge in [0, 0.05) is 24.1 Å². The van der Waals surface area contributed by atoms with Gasteiger partial charge >= 0.3 is 18.2 Å². The number of carbonyl (C=O) groups excluding carboxylic acids is 5. The molecule has 1 heterocycles. The Morgan fingerprint density at radius 3 is 1.85 bits per heavy atom. The van der Waals surface area contributed by atoms with Crippen molar-refractivity contribution in [3.63, 3.8) is 0 Å². The SMILES string of the molecule is COC(=O)[C@@H](CC(C)C)NC(=O)[C@H](Cc1cnc[nH]1)NC(=O)[C@@H](CS)N(C(=O)OCc1ccccc1)C(=O)OCc1ccccc1. The average Bonchev–Trinajstić information content (AvgIpc) is 3.57. The molecule has 3 atom stereocenters. The number of esters is 1. The number of imide groups is 1. The van der Waals surface area contributed by atoms with Gasteiger partial charge in [0.25, 0.3) is 0 Å². The largest absolute Gasteiger partial charge is 0.467 e. The van der Waals surface area contributed by atoms with Crippen LogP contribution in [0.4, 0.5) is 9.59 Å². The molecule has 3 rings (SSSR count). The minimum Gasteiger partial charge on any atom is -0.467 e. The Labute approximate surface area is 272 Å². The standard InChI is InChI=1S/C32H39N5O8S/c1-21(2)14-26(30(40)43-3)36-28(38)25(15-24-16-33-20-34-24)35-29(39)27(19-46)37(31(41)44-17-22-10-6-4-7-11-22)32(42)45-18-23-12-8-5-9-13-23/h4-13,16,20-21,25-27,46H,14-15,17-19H2,1-3H3,(H,33,34)(H,35,39)(H,36,38)/t25-,26+,27+/m0/s1. The lowest BCUT2D eigenvalue weighted by Crippen LogP contribution is -2.59. The molecule has 0 saturated carbocycles. The van der Waals surface area contributed by atoms with Crippen molar-refractivity contribution in [2.24, 2.45) is 5.92 Å². The zero-order chi connectivity index (χ0) is 33.5. The van der Waals surface area contributed by atoms with Crippen molar-refractivity contribution in [1.29, 1.82) is 0 Å². The monoisotopic (exact) mass is 653 g/mol. The fourth-order valence-electron chi connectivity index (χ4n) is 4.38. The number of nitrogens with zero attached hydrogens (tertiary/aromatic N) is 2. The molecule has 0 aliphatic rings. The van der Waals surface area contributed by atoms with E-state index in [2.05, 4.69) is 33.2 Å². The zero-order valence-corrected chi connectivity index (χ0v) is 26.8. The van der Waals surface area contributed by atoms with Crippen LogP contribution < -0.4 is 10.6 Å². The number of hydrogen-bond acceptors (Lipinski definition) is 10. The Morgan fingerprint density at radius 1 is 0.848 bits per heavy atom. The average molecular weight is 654 g/mol. The maximum Gasteiger partial charge on any atom is 0.420 e. The number of amides is 4. The van der Waals surface area contributed by atoms with Crippen LogP contribution in [0, 0.1) is 5.92 Å². The molecule has 1 aromatic heterocycles. The van der Waals surface area contributed by atoms with Gasteiger partial charge in [-0.1, -0.05) is 74.5 Å². The lowest BCUT2D eigenvalue weighted by molar-refractivity contribution is -0.145. The quantitative estimate of drug-likeness (QED) is 0.109. The summed E-state index contributed by atoms with van der Waals surface area (Å²) >= 11 is 4.26. The number of rotatable bonds is 15. The van der Waals surface area contributed by atoms with Crippen LogP contribution >= 0.6 is 12.6 Å². The van der Waals surface area contributed by atoms with E-state index in [0.717, 1.165) is 0 Å². The number of benzene rings is 2. The number of hydrogen-bond donors (Lipinski definition) is 4. The molecule has 2 aromatic carbocycles. The van der Waals surface area contributed by atoms with E-state index in [9.17, 15) is 24.0 Å². The van der Waals surface area contributed by atoms with Crippen molar-refractivity contribution in [2.45, 2.75) is 58.0 Å². The predicted molar refractivity (Wildman–Crippen MR) is 170 cm³/mol. The fraction of sp³-hybridized carbons (Fsp3) is 0.375. The molecule has 0 radical (unpaired) electrons. The topological polar surface area (TPSA) is 169 Å². The number of carbonyl (C=O) groups is 5. The van der Waals surface area contributed by atoms with Gasteiger partial charge in [-0.3, -0.25) is 9.59 Å². The van der Waals surface area contributed by atoms with Crippen LogP contribution in [0.25, 0.3) is 0 Å². The molecule has 0 bridgehead atoms. The van der Waals surface area contributed by atoms with Crippen molar-refractivity contribution < 1.29 is 38.2 Å². The molecule has 3 aromatic rings. The van der Waals surface area contributed by atoms with Crippen LogP contribution in [0.2, 0.25) is 0 Å². The van der Waals surface area contributed by atoms with E-state index >= 15 is 0 Å². The van der Waals surface area contributed by atoms with Crippen LogP contribution in [-0.4, -0.2) is 75.8 Å². The molecule has 0 spiro atoms. The van der Waals surface area contributed by atoms with Gasteiger partial charge in [-0.05, 0) is 23.5 Å². The predicted octanol–water partition coefficient (Wildman–Crippen LogP) is 3.41. The summed E-state index contributed by atoms with van der Waals surface area (Å²) in [6, 6.07) is 13.8. The summed E-state index contributed by atoms with van der Waals surface area (Å²) in [7, 11) is 1.21. The van der Waals surface area contributed by atoms with Crippen molar-refractivity contribution >= 4 is 42.6 Å². The third-order valence-corrected chi connectivity index (χ3v) is 7.06. The number of aromatic amines is 1. The second-order valence-corrected chi connectivity index (χ2v) is 11.1. The first-order chi connectivity index (χ1) is 22.1. The maximum absolute atomic E-state index is 13.8. The summed E-state index contributed by atoms with van der Waals surface area (Å²) < 4.78 is 15.6. The van der Waals surface area contributed by atoms with E-state index in [4.69, 9.17) is 14.2 Å². The number of H-pyrrole nitrogens is 1. The number of imidazole rings is 1. The molecule has 0 unspecified atom stereocenters. The molecule has 246 valence electrons. The summed E-state index contributed by atoms with van der Waals surface area (Å²) in [6.45, 7) is 3.40. The second kappa shape index (κ2) is 18.2. The van der Waals surface area contributed by atoms with Crippen molar-refractivity contribution in [3.8, 4) is 0 Å². The third kappa shape index (κ3) is 10.9. The van der Waals surface area contributed by atoms with Gasteiger partial charge in [-0.25, -0.2) is 19.4 Å². The molecule has 0 aliphatic heterocycles. The van der Waals surface area contributed by atoms with E-state index in [1.54, 1.807) is 60.7 Å². The first kappa shape index (κ1) is 35.6. The molecule has 3 N–H and O–H groups in total. The molecular weight excluding hydrogens is 614 g/mol. The van der Waals surface area contributed by atoms with Gasteiger partial charge in [0.15, 0.2) is 0 Å². The fourth-order valence-corrected chi connectivity index (χ4v) is 4.71. The Balaban J connectivity index is 1.85. The van der Waals surface area contributed by atoms with Crippen LogP contribution in [0.3, 0.4) is 0 Å². The number of ether oxygens (including phenoxy) is 3. The highest BCUT2D eigenvalue weighted by Crippen LogP contribution is 2.14. The van der Waals surface area contributed by atoms with Crippen LogP contribution in [0.15, 0.2) is 73.2 Å². The van der Waals surface area contributed by atoms with E-state index in [0.29, 0.717) is 21.7 Å². The number of methoxy groups -OCH3 is 1. The molecule has 0 aliphatic carbocycles. The number of nitrogens with one attached hydrogen (secondary N) is 3. The molecule has 14 heteroatoms. The summed E-state index contributed by atoms with van der Waals surface area (Å²) in [5.41, 5.74) is 1.80. The minimum atomic E-state index is -1.54. The molecule has 0 fully saturated rings. The van der Waals surface area contributed by atoms with E-state index < -0.39 is 48.1 Å². The zero-order valence-electron chi connectivity index (χ0n) is 25.9. The first-order valence-corrected chi connectivity index (χ1v) is 15.2. The highest BCUT2D eigenvalue weighted by Gasteiger charge is 2.39. The normalized spacial score (nSPS) is 12.7.